The second kappa shape index (κ2) is 16.7. The maximum absolute atomic E-state index is 12.2. The summed E-state index contributed by atoms with van der Waals surface area (Å²) >= 11 is 5.93. The first kappa shape index (κ1) is 30.3. The quantitative estimate of drug-likeness (QED) is 0.0961. The minimum Gasteiger partial charge on any atom is -0.463 e. The lowest BCUT2D eigenvalue weighted by Crippen LogP contribution is -2.27. The van der Waals surface area contributed by atoms with Gasteiger partial charge in [-0.05, 0) is 43.7 Å². The van der Waals surface area contributed by atoms with E-state index in [1.165, 1.54) is 64.1 Å². The van der Waals surface area contributed by atoms with Crippen LogP contribution < -0.4 is 5.73 Å². The first-order chi connectivity index (χ1) is 18.5. The molecule has 0 unspecified atom stereocenters. The molecule has 0 aliphatic carbocycles. The van der Waals surface area contributed by atoms with Gasteiger partial charge in [0.25, 0.3) is 0 Å². The van der Waals surface area contributed by atoms with Crippen molar-refractivity contribution in [2.75, 3.05) is 12.3 Å². The fourth-order valence-electron chi connectivity index (χ4n) is 4.74. The highest BCUT2D eigenvalue weighted by Crippen LogP contribution is 2.32. The highest BCUT2D eigenvalue weighted by molar-refractivity contribution is 6.28. The molecule has 2 aromatic heterocycles. The Balaban J connectivity index is 1.23. The molecular weight excluding hydrogens is 506 g/mol. The van der Waals surface area contributed by atoms with Crippen LogP contribution in [-0.4, -0.2) is 49.4 Å². The molecule has 1 aliphatic heterocycles. The summed E-state index contributed by atoms with van der Waals surface area (Å²) in [5, 5.41) is 10.4. The van der Waals surface area contributed by atoms with Gasteiger partial charge < -0.3 is 20.3 Å². The number of hydrogen-bond donors (Lipinski definition) is 2. The number of unbranched alkanes of at least 4 members (excludes halogenated alkanes) is 11. The number of nitrogen functional groups attached to an aromatic ring is 1. The molecule has 2 aromatic rings. The molecular formula is C28H44ClN5O4. The number of aliphatic hydroxyl groups excluding tert-OH is 1. The van der Waals surface area contributed by atoms with E-state index in [2.05, 4.69) is 34.0 Å². The molecule has 0 bridgehead atoms. The van der Waals surface area contributed by atoms with Gasteiger partial charge in [0.15, 0.2) is 11.5 Å². The van der Waals surface area contributed by atoms with Crippen molar-refractivity contribution in [3.63, 3.8) is 0 Å². The fraction of sp³-hybridized carbons (Fsp3) is 0.714. The van der Waals surface area contributed by atoms with Gasteiger partial charge in [-0.1, -0.05) is 70.4 Å². The summed E-state index contributed by atoms with van der Waals surface area (Å²) in [6.07, 6.45) is 20.8. The smallest absolute Gasteiger partial charge is 0.305 e. The molecule has 212 valence electrons. The summed E-state index contributed by atoms with van der Waals surface area (Å²) in [5.41, 5.74) is 6.70. The van der Waals surface area contributed by atoms with E-state index in [-0.39, 0.29) is 23.7 Å². The summed E-state index contributed by atoms with van der Waals surface area (Å²) < 4.78 is 13.0. The summed E-state index contributed by atoms with van der Waals surface area (Å²) in [7, 11) is 0. The largest absolute Gasteiger partial charge is 0.463 e. The van der Waals surface area contributed by atoms with Gasteiger partial charge in [-0.3, -0.25) is 9.36 Å². The van der Waals surface area contributed by atoms with E-state index in [9.17, 15) is 9.90 Å². The van der Waals surface area contributed by atoms with Gasteiger partial charge in [-0.15, -0.1) is 0 Å². The van der Waals surface area contributed by atoms with E-state index >= 15 is 0 Å². The number of nitrogens with two attached hydrogens (primary N) is 1. The summed E-state index contributed by atoms with van der Waals surface area (Å²) in [6.45, 7) is 2.26. The first-order valence-electron chi connectivity index (χ1n) is 14.3. The molecule has 9 nitrogen and oxygen atoms in total. The molecule has 1 saturated heterocycles. The van der Waals surface area contributed by atoms with E-state index in [4.69, 9.17) is 26.8 Å². The molecule has 1 aliphatic rings. The number of rotatable bonds is 18. The fourth-order valence-corrected chi connectivity index (χ4v) is 4.92. The number of anilines is 1. The van der Waals surface area contributed by atoms with Crippen molar-refractivity contribution >= 4 is 34.6 Å². The molecule has 38 heavy (non-hydrogen) atoms. The SMILES string of the molecule is CCCCCCCCCCC/C=C/CCCCC(=O)OC[C@H]1O[C@@H](n2cnc3c(N)nc(Cl)nc32)C[C@@H]1O. The van der Waals surface area contributed by atoms with Gasteiger partial charge >= 0.3 is 5.97 Å². The monoisotopic (exact) mass is 549 g/mol. The van der Waals surface area contributed by atoms with E-state index < -0.39 is 18.4 Å². The second-order valence-electron chi connectivity index (χ2n) is 10.2. The molecule has 3 N–H and O–H groups in total. The first-order valence-corrected chi connectivity index (χ1v) is 14.7. The van der Waals surface area contributed by atoms with Crippen LogP contribution in [0.15, 0.2) is 18.5 Å². The molecule has 3 heterocycles. The van der Waals surface area contributed by atoms with Crippen molar-refractivity contribution in [3.8, 4) is 0 Å². The molecule has 0 saturated carbocycles. The van der Waals surface area contributed by atoms with Crippen molar-refractivity contribution in [2.24, 2.45) is 0 Å². The topological polar surface area (TPSA) is 125 Å². The molecule has 1 fully saturated rings. The van der Waals surface area contributed by atoms with Crippen LogP contribution in [0.2, 0.25) is 5.28 Å². The third kappa shape index (κ3) is 9.82. The van der Waals surface area contributed by atoms with E-state index in [1.807, 2.05) is 0 Å². The lowest BCUT2D eigenvalue weighted by atomic mass is 10.1. The number of imidazole rings is 1. The number of fused-ring (bicyclic) bond motifs is 1. The number of carbonyl (C=O) groups is 1. The lowest BCUT2D eigenvalue weighted by Gasteiger charge is -2.16. The number of halogens is 1. The lowest BCUT2D eigenvalue weighted by molar-refractivity contribution is -0.150. The Labute approximate surface area is 231 Å². The zero-order valence-corrected chi connectivity index (χ0v) is 23.4. The Hall–Kier alpha value is -2.23. The number of esters is 1. The van der Waals surface area contributed by atoms with E-state index in [0.29, 0.717) is 24.0 Å². The normalized spacial score (nSPS) is 19.6. The van der Waals surface area contributed by atoms with Gasteiger partial charge in [-0.25, -0.2) is 4.98 Å². The van der Waals surface area contributed by atoms with Crippen LogP contribution in [0.25, 0.3) is 11.2 Å². The van der Waals surface area contributed by atoms with Crippen LogP contribution >= 0.6 is 11.6 Å². The number of carbonyl (C=O) groups excluding carboxylic acids is 1. The third-order valence-electron chi connectivity index (χ3n) is 6.99. The number of hydrogen-bond acceptors (Lipinski definition) is 8. The van der Waals surface area contributed by atoms with Crippen molar-refractivity contribution < 1.29 is 19.4 Å². The Morgan fingerprint density at radius 2 is 1.76 bits per heavy atom. The minimum absolute atomic E-state index is 0.000346. The van der Waals surface area contributed by atoms with Gasteiger partial charge in [0.1, 0.15) is 24.5 Å². The zero-order valence-electron chi connectivity index (χ0n) is 22.7. The van der Waals surface area contributed by atoms with Crippen LogP contribution in [0, 0.1) is 0 Å². The second-order valence-corrected chi connectivity index (χ2v) is 10.5. The van der Waals surface area contributed by atoms with Crippen molar-refractivity contribution in [2.45, 2.75) is 122 Å². The van der Waals surface area contributed by atoms with Crippen molar-refractivity contribution in [1.29, 1.82) is 0 Å². The Morgan fingerprint density at radius 1 is 1.11 bits per heavy atom. The third-order valence-corrected chi connectivity index (χ3v) is 7.16. The number of aliphatic hydroxyl groups is 1. The summed E-state index contributed by atoms with van der Waals surface area (Å²) in [5.74, 6) is -0.0969. The molecule has 10 heteroatoms. The van der Waals surface area contributed by atoms with Gasteiger partial charge in [0.05, 0.1) is 12.4 Å². The molecule has 3 atom stereocenters. The minimum atomic E-state index is -0.782. The number of aromatic nitrogens is 4. The Kier molecular flexibility index (Phi) is 13.3. The Morgan fingerprint density at radius 3 is 2.47 bits per heavy atom. The number of allylic oxidation sites excluding steroid dienone is 2. The van der Waals surface area contributed by atoms with Crippen molar-refractivity contribution in [3.05, 3.63) is 23.8 Å². The van der Waals surface area contributed by atoms with Crippen LogP contribution in [0.5, 0.6) is 0 Å². The molecule has 0 aromatic carbocycles. The summed E-state index contributed by atoms with van der Waals surface area (Å²) in [4.78, 5) is 24.5. The standard InChI is InChI=1S/C28H44ClN5O4/c1-2-3-4-5-6-7-8-9-10-11-12-13-14-15-16-17-24(36)37-19-22-21(35)18-23(38-22)34-20-31-25-26(30)32-28(29)33-27(25)34/h12-13,20-23,35H,2-11,14-19H2,1H3,(H2,30,32,33)/b13-12+/t21-,22+,23+/m0/s1. The zero-order chi connectivity index (χ0) is 27.2. The predicted molar refractivity (Wildman–Crippen MR) is 150 cm³/mol. The number of ether oxygens (including phenoxy) is 2. The predicted octanol–water partition coefficient (Wildman–Crippen LogP) is 6.29. The summed E-state index contributed by atoms with van der Waals surface area (Å²) in [6, 6.07) is 0. The van der Waals surface area contributed by atoms with E-state index in [0.717, 1.165) is 25.7 Å². The molecule has 0 amide bonds. The highest BCUT2D eigenvalue weighted by atomic mass is 35.5. The number of nitrogens with zero attached hydrogens (tertiary/aromatic N) is 4. The molecule has 0 radical (unpaired) electrons. The van der Waals surface area contributed by atoms with Crippen LogP contribution in [0.3, 0.4) is 0 Å². The average molecular weight is 550 g/mol. The van der Waals surface area contributed by atoms with Crippen LogP contribution in [0.1, 0.15) is 109 Å². The average Bonchev–Trinajstić information content (AvgIpc) is 3.48. The highest BCUT2D eigenvalue weighted by Gasteiger charge is 2.36. The molecule has 3 rings (SSSR count). The van der Waals surface area contributed by atoms with E-state index in [1.54, 1.807) is 4.57 Å². The van der Waals surface area contributed by atoms with Gasteiger partial charge in [0, 0.05) is 12.8 Å². The van der Waals surface area contributed by atoms with Gasteiger partial charge in [-0.2, -0.15) is 9.97 Å². The maximum Gasteiger partial charge on any atom is 0.305 e. The van der Waals surface area contributed by atoms with Gasteiger partial charge in [0.2, 0.25) is 5.28 Å². The Bertz CT molecular complexity index is 1010. The van der Waals surface area contributed by atoms with Crippen LogP contribution in [-0.2, 0) is 14.3 Å². The van der Waals surface area contributed by atoms with Crippen LogP contribution in [0.4, 0.5) is 5.82 Å². The van der Waals surface area contributed by atoms with Crippen molar-refractivity contribution in [1.82, 2.24) is 19.5 Å². The molecule has 0 spiro atoms. The maximum atomic E-state index is 12.2.